The van der Waals surface area contributed by atoms with Gasteiger partial charge < -0.3 is 5.32 Å². The molecule has 0 aliphatic heterocycles. The van der Waals surface area contributed by atoms with Gasteiger partial charge in [-0.1, -0.05) is 26.2 Å². The minimum absolute atomic E-state index is 0.280. The quantitative estimate of drug-likeness (QED) is 0.780. The molecule has 1 aliphatic carbocycles. The number of alkyl halides is 3. The number of hydrogen-bond acceptors (Lipinski definition) is 1. The van der Waals surface area contributed by atoms with E-state index in [0.717, 1.165) is 31.7 Å². The predicted octanol–water partition coefficient (Wildman–Crippen LogP) is 4.90. The molecule has 0 radical (unpaired) electrons. The van der Waals surface area contributed by atoms with E-state index < -0.39 is 17.6 Å². The van der Waals surface area contributed by atoms with Crippen molar-refractivity contribution in [3.8, 4) is 0 Å². The zero-order valence-electron chi connectivity index (χ0n) is 12.1. The minimum atomic E-state index is -4.50. The maximum Gasteiger partial charge on any atom is 0.416 e. The molecule has 21 heavy (non-hydrogen) atoms. The van der Waals surface area contributed by atoms with Gasteiger partial charge in [-0.2, -0.15) is 13.2 Å². The van der Waals surface area contributed by atoms with Crippen molar-refractivity contribution in [2.24, 2.45) is 5.92 Å². The summed E-state index contributed by atoms with van der Waals surface area (Å²) in [6.45, 7) is 2.44. The Kier molecular flexibility index (Phi) is 5.25. The lowest BCUT2D eigenvalue weighted by molar-refractivity contribution is -0.137. The van der Waals surface area contributed by atoms with Crippen LogP contribution in [-0.4, -0.2) is 6.04 Å². The SMILES string of the molecule is CCC1CCCC(NCc2cc(F)cc(C(F)(F)F)c2)C1. The second-order valence-electron chi connectivity index (χ2n) is 5.86. The smallest absolute Gasteiger partial charge is 0.310 e. The van der Waals surface area contributed by atoms with Gasteiger partial charge in [-0.25, -0.2) is 4.39 Å². The standard InChI is InChI=1S/C16H21F4N/c1-2-11-4-3-5-15(8-11)21-10-12-6-13(16(18,19)20)9-14(17)7-12/h6-7,9,11,15,21H,2-5,8,10H2,1H3. The molecule has 118 valence electrons. The number of halogens is 4. The number of benzene rings is 1. The monoisotopic (exact) mass is 303 g/mol. The third kappa shape index (κ3) is 4.70. The summed E-state index contributed by atoms with van der Waals surface area (Å²) in [6, 6.07) is 3.05. The molecule has 2 rings (SSSR count). The van der Waals surface area contributed by atoms with Crippen LogP contribution in [0.1, 0.15) is 50.2 Å². The Morgan fingerprint density at radius 1 is 1.19 bits per heavy atom. The van der Waals surface area contributed by atoms with E-state index in [1.54, 1.807) is 0 Å². The molecule has 1 aromatic rings. The van der Waals surface area contributed by atoms with Gasteiger partial charge >= 0.3 is 6.18 Å². The van der Waals surface area contributed by atoms with E-state index in [9.17, 15) is 17.6 Å². The summed E-state index contributed by atoms with van der Waals surface area (Å²) in [6.07, 6.45) is 1.10. The molecule has 1 fully saturated rings. The van der Waals surface area contributed by atoms with Crippen molar-refractivity contribution in [1.29, 1.82) is 0 Å². The van der Waals surface area contributed by atoms with Gasteiger partial charge in [-0.15, -0.1) is 0 Å². The molecule has 0 aromatic heterocycles. The first-order chi connectivity index (χ1) is 9.88. The second kappa shape index (κ2) is 6.77. The molecular weight excluding hydrogens is 282 g/mol. The first kappa shape index (κ1) is 16.3. The van der Waals surface area contributed by atoms with Crippen molar-refractivity contribution in [2.45, 2.75) is 57.8 Å². The summed E-state index contributed by atoms with van der Waals surface area (Å²) >= 11 is 0. The van der Waals surface area contributed by atoms with Crippen LogP contribution in [0.15, 0.2) is 18.2 Å². The van der Waals surface area contributed by atoms with Crippen LogP contribution in [0.4, 0.5) is 17.6 Å². The zero-order chi connectivity index (χ0) is 15.5. The Hall–Kier alpha value is -1.10. The van der Waals surface area contributed by atoms with E-state index in [2.05, 4.69) is 12.2 Å². The Balaban J connectivity index is 1.98. The molecule has 5 heteroatoms. The largest absolute Gasteiger partial charge is 0.416 e. The van der Waals surface area contributed by atoms with Gasteiger partial charge in [0, 0.05) is 12.6 Å². The third-order valence-corrected chi connectivity index (χ3v) is 4.24. The van der Waals surface area contributed by atoms with Crippen LogP contribution in [0.3, 0.4) is 0 Å². The fourth-order valence-electron chi connectivity index (χ4n) is 3.03. The molecule has 1 aromatic carbocycles. The fourth-order valence-corrected chi connectivity index (χ4v) is 3.03. The van der Waals surface area contributed by atoms with E-state index in [4.69, 9.17) is 0 Å². The molecule has 1 saturated carbocycles. The van der Waals surface area contributed by atoms with Crippen molar-refractivity contribution < 1.29 is 17.6 Å². The van der Waals surface area contributed by atoms with Gasteiger partial charge in [-0.05, 0) is 42.5 Å². The lowest BCUT2D eigenvalue weighted by atomic mass is 9.84. The fraction of sp³-hybridized carbons (Fsp3) is 0.625. The topological polar surface area (TPSA) is 12.0 Å². The van der Waals surface area contributed by atoms with Crippen molar-refractivity contribution in [3.63, 3.8) is 0 Å². The number of rotatable bonds is 4. The van der Waals surface area contributed by atoms with Crippen LogP contribution >= 0.6 is 0 Å². The van der Waals surface area contributed by atoms with Gasteiger partial charge in [0.15, 0.2) is 0 Å². The maximum atomic E-state index is 13.3. The Morgan fingerprint density at radius 2 is 1.95 bits per heavy atom. The highest BCUT2D eigenvalue weighted by atomic mass is 19.4. The van der Waals surface area contributed by atoms with Crippen LogP contribution in [-0.2, 0) is 12.7 Å². The Bertz CT molecular complexity index is 470. The highest BCUT2D eigenvalue weighted by Crippen LogP contribution is 2.31. The lowest BCUT2D eigenvalue weighted by Gasteiger charge is -2.29. The van der Waals surface area contributed by atoms with E-state index in [1.165, 1.54) is 12.5 Å². The van der Waals surface area contributed by atoms with Crippen molar-refractivity contribution in [1.82, 2.24) is 5.32 Å². The molecule has 1 N–H and O–H groups in total. The zero-order valence-corrected chi connectivity index (χ0v) is 12.1. The van der Waals surface area contributed by atoms with E-state index in [1.807, 2.05) is 0 Å². The van der Waals surface area contributed by atoms with Gasteiger partial charge in [-0.3, -0.25) is 0 Å². The second-order valence-corrected chi connectivity index (χ2v) is 5.86. The van der Waals surface area contributed by atoms with Crippen LogP contribution in [0.2, 0.25) is 0 Å². The molecule has 0 bridgehead atoms. The number of hydrogen-bond donors (Lipinski definition) is 1. The first-order valence-electron chi connectivity index (χ1n) is 7.48. The maximum absolute atomic E-state index is 13.3. The third-order valence-electron chi connectivity index (χ3n) is 4.24. The minimum Gasteiger partial charge on any atom is -0.310 e. The molecule has 1 aliphatic rings. The first-order valence-corrected chi connectivity index (χ1v) is 7.48. The summed E-state index contributed by atoms with van der Waals surface area (Å²) in [5.74, 6) is -0.147. The molecular formula is C16H21F4N. The molecule has 0 heterocycles. The van der Waals surface area contributed by atoms with Crippen LogP contribution in [0, 0.1) is 11.7 Å². The molecule has 0 saturated heterocycles. The molecule has 0 amide bonds. The van der Waals surface area contributed by atoms with Crippen LogP contribution in [0.25, 0.3) is 0 Å². The van der Waals surface area contributed by atoms with E-state index >= 15 is 0 Å². The predicted molar refractivity (Wildman–Crippen MR) is 74.3 cm³/mol. The van der Waals surface area contributed by atoms with Crippen molar-refractivity contribution in [2.75, 3.05) is 0 Å². The average molecular weight is 303 g/mol. The normalized spacial score (nSPS) is 23.3. The average Bonchev–Trinajstić information content (AvgIpc) is 2.44. The van der Waals surface area contributed by atoms with Gasteiger partial charge in [0.05, 0.1) is 5.56 Å². The van der Waals surface area contributed by atoms with Gasteiger partial charge in [0.2, 0.25) is 0 Å². The van der Waals surface area contributed by atoms with Crippen LogP contribution in [0.5, 0.6) is 0 Å². The summed E-state index contributed by atoms with van der Waals surface area (Å²) in [5, 5.41) is 3.27. The van der Waals surface area contributed by atoms with E-state index in [0.29, 0.717) is 23.6 Å². The molecule has 2 atom stereocenters. The molecule has 2 unspecified atom stereocenters. The lowest BCUT2D eigenvalue weighted by Crippen LogP contribution is -2.33. The summed E-state index contributed by atoms with van der Waals surface area (Å²) in [5.41, 5.74) is -0.574. The van der Waals surface area contributed by atoms with Gasteiger partial charge in [0.25, 0.3) is 0 Å². The molecule has 0 spiro atoms. The summed E-state index contributed by atoms with van der Waals surface area (Å²) < 4.78 is 51.3. The molecule has 1 nitrogen and oxygen atoms in total. The van der Waals surface area contributed by atoms with Gasteiger partial charge in [0.1, 0.15) is 5.82 Å². The Morgan fingerprint density at radius 3 is 2.62 bits per heavy atom. The highest BCUT2D eigenvalue weighted by Gasteiger charge is 2.31. The number of nitrogens with one attached hydrogen (secondary N) is 1. The summed E-state index contributed by atoms with van der Waals surface area (Å²) in [7, 11) is 0. The Labute approximate surface area is 122 Å². The highest BCUT2D eigenvalue weighted by molar-refractivity contribution is 5.26. The van der Waals surface area contributed by atoms with Crippen LogP contribution < -0.4 is 5.32 Å². The van der Waals surface area contributed by atoms with Crippen molar-refractivity contribution >= 4 is 0 Å². The van der Waals surface area contributed by atoms with Crippen molar-refractivity contribution in [3.05, 3.63) is 35.1 Å². The summed E-state index contributed by atoms with van der Waals surface area (Å²) in [4.78, 5) is 0. The van der Waals surface area contributed by atoms with E-state index in [-0.39, 0.29) is 6.54 Å².